The Bertz CT molecular complexity index is 686. The third-order valence-electron chi connectivity index (χ3n) is 2.95. The van der Waals surface area contributed by atoms with E-state index in [9.17, 15) is 14.7 Å². The van der Waals surface area contributed by atoms with E-state index in [2.05, 4.69) is 5.32 Å². The average molecular weight is 354 g/mol. The van der Waals surface area contributed by atoms with E-state index in [1.165, 1.54) is 0 Å². The largest absolute Gasteiger partial charge is 0.481 e. The molecule has 23 heavy (non-hydrogen) atoms. The molecule has 0 aliphatic carbocycles. The van der Waals surface area contributed by atoms with Crippen LogP contribution in [-0.4, -0.2) is 23.6 Å². The van der Waals surface area contributed by atoms with Crippen LogP contribution < -0.4 is 10.1 Å². The molecule has 0 aromatic heterocycles. The number of aliphatic carboxylic acids is 1. The lowest BCUT2D eigenvalue weighted by molar-refractivity contribution is -0.142. The van der Waals surface area contributed by atoms with Crippen molar-refractivity contribution in [2.75, 3.05) is 6.61 Å². The van der Waals surface area contributed by atoms with Crippen molar-refractivity contribution in [3.8, 4) is 5.75 Å². The highest BCUT2D eigenvalue weighted by Crippen LogP contribution is 2.32. The minimum Gasteiger partial charge on any atom is -0.481 e. The molecule has 7 heteroatoms. The molecular weight excluding hydrogens is 341 g/mol. The molecular formula is C16H13Cl2NO4. The van der Waals surface area contributed by atoms with E-state index in [0.29, 0.717) is 5.56 Å². The first-order valence-corrected chi connectivity index (χ1v) is 7.38. The van der Waals surface area contributed by atoms with Gasteiger partial charge in [-0.15, -0.1) is 0 Å². The molecule has 0 fully saturated rings. The van der Waals surface area contributed by atoms with Gasteiger partial charge in [0.2, 0.25) is 0 Å². The van der Waals surface area contributed by atoms with Crippen molar-refractivity contribution in [2.45, 2.75) is 6.04 Å². The molecule has 0 heterocycles. The quantitative estimate of drug-likeness (QED) is 0.835. The van der Waals surface area contributed by atoms with Gasteiger partial charge in [-0.05, 0) is 17.7 Å². The maximum absolute atomic E-state index is 11.9. The molecule has 0 spiro atoms. The zero-order valence-electron chi connectivity index (χ0n) is 11.8. The van der Waals surface area contributed by atoms with Gasteiger partial charge in [0.1, 0.15) is 0 Å². The summed E-state index contributed by atoms with van der Waals surface area (Å²) in [5.41, 5.74) is 0.462. The van der Waals surface area contributed by atoms with Crippen LogP contribution in [0.1, 0.15) is 11.6 Å². The highest BCUT2D eigenvalue weighted by atomic mass is 35.5. The van der Waals surface area contributed by atoms with E-state index in [-0.39, 0.29) is 15.8 Å². The third kappa shape index (κ3) is 4.61. The normalized spacial score (nSPS) is 11.6. The number of ether oxygens (including phenoxy) is 1. The van der Waals surface area contributed by atoms with Crippen LogP contribution in [0.15, 0.2) is 48.5 Å². The van der Waals surface area contributed by atoms with Gasteiger partial charge < -0.3 is 15.2 Å². The van der Waals surface area contributed by atoms with Gasteiger partial charge in [-0.3, -0.25) is 4.79 Å². The summed E-state index contributed by atoms with van der Waals surface area (Å²) in [6.45, 7) is -0.403. The van der Waals surface area contributed by atoms with Crippen LogP contribution in [0.5, 0.6) is 5.75 Å². The van der Waals surface area contributed by atoms with E-state index in [0.717, 1.165) is 0 Å². The number of rotatable bonds is 6. The number of halogens is 2. The second-order valence-electron chi connectivity index (χ2n) is 4.59. The van der Waals surface area contributed by atoms with Crippen LogP contribution in [-0.2, 0) is 9.59 Å². The van der Waals surface area contributed by atoms with E-state index < -0.39 is 24.5 Å². The summed E-state index contributed by atoms with van der Waals surface area (Å²) in [6.07, 6.45) is 0. The minimum absolute atomic E-state index is 0.178. The Balaban J connectivity index is 2.02. The van der Waals surface area contributed by atoms with Gasteiger partial charge in [0.25, 0.3) is 5.91 Å². The van der Waals surface area contributed by atoms with Crippen LogP contribution in [0.2, 0.25) is 10.0 Å². The molecule has 120 valence electrons. The molecule has 0 unspecified atom stereocenters. The molecule has 2 N–H and O–H groups in total. The van der Waals surface area contributed by atoms with E-state index in [1.54, 1.807) is 48.5 Å². The Labute approximate surface area is 142 Å². The average Bonchev–Trinajstić information content (AvgIpc) is 2.52. The van der Waals surface area contributed by atoms with E-state index in [1.807, 2.05) is 0 Å². The second kappa shape index (κ2) is 7.85. The fourth-order valence-electron chi connectivity index (χ4n) is 1.89. The van der Waals surface area contributed by atoms with Gasteiger partial charge in [0, 0.05) is 0 Å². The van der Waals surface area contributed by atoms with Crippen LogP contribution in [0.4, 0.5) is 0 Å². The van der Waals surface area contributed by atoms with Crippen molar-refractivity contribution >= 4 is 35.1 Å². The zero-order valence-corrected chi connectivity index (χ0v) is 13.3. The first-order chi connectivity index (χ1) is 11.0. The van der Waals surface area contributed by atoms with Crippen molar-refractivity contribution < 1.29 is 19.4 Å². The SMILES string of the molecule is O=C(COc1c(Cl)cccc1Cl)N[C@H](C(=O)O)c1ccccc1. The van der Waals surface area contributed by atoms with Crippen LogP contribution >= 0.6 is 23.2 Å². The van der Waals surface area contributed by atoms with Crippen molar-refractivity contribution in [2.24, 2.45) is 0 Å². The second-order valence-corrected chi connectivity index (χ2v) is 5.40. The molecule has 1 atom stereocenters. The molecule has 0 radical (unpaired) electrons. The van der Waals surface area contributed by atoms with Crippen molar-refractivity contribution in [1.29, 1.82) is 0 Å². The number of carbonyl (C=O) groups excluding carboxylic acids is 1. The molecule has 5 nitrogen and oxygen atoms in total. The molecule has 0 aliphatic rings. The van der Waals surface area contributed by atoms with Gasteiger partial charge in [0.05, 0.1) is 10.0 Å². The Kier molecular flexibility index (Phi) is 5.84. The number of carbonyl (C=O) groups is 2. The topological polar surface area (TPSA) is 75.6 Å². The summed E-state index contributed by atoms with van der Waals surface area (Å²) in [4.78, 5) is 23.3. The summed E-state index contributed by atoms with van der Waals surface area (Å²) in [5, 5.41) is 12.2. The lowest BCUT2D eigenvalue weighted by atomic mass is 10.1. The fraction of sp³-hybridized carbons (Fsp3) is 0.125. The van der Waals surface area contributed by atoms with E-state index in [4.69, 9.17) is 27.9 Å². The highest BCUT2D eigenvalue weighted by molar-refractivity contribution is 6.37. The first kappa shape index (κ1) is 17.1. The predicted octanol–water partition coefficient (Wildman–Crippen LogP) is 3.31. The third-order valence-corrected chi connectivity index (χ3v) is 3.55. The lowest BCUT2D eigenvalue weighted by Crippen LogP contribution is -2.36. The number of carboxylic acids is 1. The number of amides is 1. The molecule has 1 amide bonds. The Morgan fingerprint density at radius 1 is 1.04 bits per heavy atom. The Hall–Kier alpha value is -2.24. The minimum atomic E-state index is -1.17. The number of benzene rings is 2. The van der Waals surface area contributed by atoms with Crippen molar-refractivity contribution in [3.05, 3.63) is 64.1 Å². The predicted molar refractivity (Wildman–Crippen MR) is 86.9 cm³/mol. The number of hydrogen-bond donors (Lipinski definition) is 2. The van der Waals surface area contributed by atoms with Crippen molar-refractivity contribution in [1.82, 2.24) is 5.32 Å². The van der Waals surface area contributed by atoms with E-state index >= 15 is 0 Å². The number of carboxylic acid groups (broad SMARTS) is 1. The van der Waals surface area contributed by atoms with Gasteiger partial charge in [-0.25, -0.2) is 4.79 Å². The lowest BCUT2D eigenvalue weighted by Gasteiger charge is -2.15. The maximum Gasteiger partial charge on any atom is 0.330 e. The van der Waals surface area contributed by atoms with Crippen molar-refractivity contribution in [3.63, 3.8) is 0 Å². The van der Waals surface area contributed by atoms with Gasteiger partial charge in [-0.2, -0.15) is 0 Å². The highest BCUT2D eigenvalue weighted by Gasteiger charge is 2.22. The molecule has 0 saturated carbocycles. The summed E-state index contributed by atoms with van der Waals surface area (Å²) < 4.78 is 5.28. The smallest absolute Gasteiger partial charge is 0.330 e. The molecule has 2 rings (SSSR count). The molecule has 0 saturated heterocycles. The fourth-order valence-corrected chi connectivity index (χ4v) is 2.40. The van der Waals surface area contributed by atoms with Crippen LogP contribution in [0.3, 0.4) is 0 Å². The van der Waals surface area contributed by atoms with Gasteiger partial charge in [0.15, 0.2) is 18.4 Å². The number of para-hydroxylation sites is 1. The molecule has 0 aliphatic heterocycles. The summed E-state index contributed by atoms with van der Waals surface area (Å²) in [7, 11) is 0. The first-order valence-electron chi connectivity index (χ1n) is 6.63. The number of hydrogen-bond acceptors (Lipinski definition) is 3. The number of nitrogens with one attached hydrogen (secondary N) is 1. The maximum atomic E-state index is 11.9. The van der Waals surface area contributed by atoms with Gasteiger partial charge in [-0.1, -0.05) is 59.6 Å². The summed E-state index contributed by atoms with van der Waals surface area (Å²) >= 11 is 11.9. The Morgan fingerprint density at radius 3 is 2.22 bits per heavy atom. The summed E-state index contributed by atoms with van der Waals surface area (Å²) in [5.74, 6) is -1.59. The zero-order chi connectivity index (χ0) is 16.8. The van der Waals surface area contributed by atoms with Crippen LogP contribution in [0, 0.1) is 0 Å². The van der Waals surface area contributed by atoms with Crippen LogP contribution in [0.25, 0.3) is 0 Å². The standard InChI is InChI=1S/C16H13Cl2NO4/c17-11-7-4-8-12(18)15(11)23-9-13(20)19-14(16(21)22)10-5-2-1-3-6-10/h1-8,14H,9H2,(H,19,20)(H,21,22)/t14-/m0/s1. The Morgan fingerprint density at radius 2 is 1.65 bits per heavy atom. The summed E-state index contributed by atoms with van der Waals surface area (Å²) in [6, 6.07) is 12.0. The molecule has 2 aromatic carbocycles. The monoisotopic (exact) mass is 353 g/mol. The molecule has 0 bridgehead atoms. The molecule has 2 aromatic rings. The van der Waals surface area contributed by atoms with Gasteiger partial charge >= 0.3 is 5.97 Å².